The quantitative estimate of drug-likeness (QED) is 0.511. The van der Waals surface area contributed by atoms with E-state index in [0.717, 1.165) is 30.8 Å². The standard InChI is InChI=1S/C11H20O2Si2.C7H13NO/c1-4-5-9-6-7-10(12-14-2)11(8-9)13-15-3;1-2-3-4-5-6-7(8)9/h6-8H,4-5,14-15H2,1-3H3;3-4H,2,5-6H2,1H3,(H2,8,9). The summed E-state index contributed by atoms with van der Waals surface area (Å²) < 4.78 is 11.4. The number of allylic oxidation sites excluding steroid dienone is 2. The fourth-order valence-electron chi connectivity index (χ4n) is 2.05. The predicted molar refractivity (Wildman–Crippen MR) is 108 cm³/mol. The molecule has 0 atom stereocenters. The van der Waals surface area contributed by atoms with Gasteiger partial charge in [0.1, 0.15) is 11.5 Å². The van der Waals surface area contributed by atoms with Crippen LogP contribution in [0.5, 0.6) is 11.5 Å². The van der Waals surface area contributed by atoms with Crippen LogP contribution in [0.1, 0.15) is 45.1 Å². The smallest absolute Gasteiger partial charge is 0.217 e. The number of rotatable bonds is 10. The van der Waals surface area contributed by atoms with Gasteiger partial charge in [-0.05, 0) is 50.1 Å². The number of amides is 1. The molecule has 0 heterocycles. The monoisotopic (exact) mass is 367 g/mol. The van der Waals surface area contributed by atoms with Crippen molar-refractivity contribution in [3.63, 3.8) is 0 Å². The van der Waals surface area contributed by atoms with Gasteiger partial charge in [0, 0.05) is 6.42 Å². The number of aryl methyl sites for hydroxylation is 1. The maximum Gasteiger partial charge on any atom is 0.217 e. The van der Waals surface area contributed by atoms with Crippen molar-refractivity contribution in [2.24, 2.45) is 5.73 Å². The average molecular weight is 368 g/mol. The number of nitrogens with two attached hydrogens (primary N) is 1. The van der Waals surface area contributed by atoms with Gasteiger partial charge in [0.15, 0.2) is 0 Å². The Morgan fingerprint density at radius 2 is 1.79 bits per heavy atom. The lowest BCUT2D eigenvalue weighted by atomic mass is 10.1. The fraction of sp³-hybridized carbons (Fsp3) is 0.500. The largest absolute Gasteiger partial charge is 0.547 e. The van der Waals surface area contributed by atoms with Crippen molar-refractivity contribution in [1.82, 2.24) is 0 Å². The molecule has 0 saturated carbocycles. The zero-order valence-electron chi connectivity index (χ0n) is 15.6. The third-order valence-corrected chi connectivity index (χ3v) is 4.31. The molecule has 1 aromatic carbocycles. The van der Waals surface area contributed by atoms with Crippen LogP contribution in [-0.2, 0) is 11.2 Å². The first-order valence-corrected chi connectivity index (χ1v) is 12.9. The minimum absolute atomic E-state index is 0.226. The highest BCUT2D eigenvalue weighted by molar-refractivity contribution is 6.27. The van der Waals surface area contributed by atoms with Gasteiger partial charge in [-0.15, -0.1) is 0 Å². The van der Waals surface area contributed by atoms with Crippen molar-refractivity contribution < 1.29 is 13.6 Å². The highest BCUT2D eigenvalue weighted by Crippen LogP contribution is 2.28. The van der Waals surface area contributed by atoms with Crippen LogP contribution in [0.3, 0.4) is 0 Å². The topological polar surface area (TPSA) is 61.6 Å². The van der Waals surface area contributed by atoms with E-state index in [1.165, 1.54) is 12.0 Å². The van der Waals surface area contributed by atoms with Crippen LogP contribution in [0.15, 0.2) is 30.4 Å². The van der Waals surface area contributed by atoms with Gasteiger partial charge in [-0.25, -0.2) is 0 Å². The molecule has 6 heteroatoms. The van der Waals surface area contributed by atoms with Gasteiger partial charge < -0.3 is 14.6 Å². The summed E-state index contributed by atoms with van der Waals surface area (Å²) in [6.45, 7) is 8.52. The lowest BCUT2D eigenvalue weighted by Gasteiger charge is -2.13. The van der Waals surface area contributed by atoms with Crippen LogP contribution in [0, 0.1) is 0 Å². The van der Waals surface area contributed by atoms with Crippen LogP contribution in [0.2, 0.25) is 13.1 Å². The van der Waals surface area contributed by atoms with Gasteiger partial charge in [0.2, 0.25) is 25.4 Å². The second-order valence-electron chi connectivity index (χ2n) is 5.28. The molecule has 136 valence electrons. The number of primary amides is 1. The molecule has 1 rings (SSSR count). The molecule has 0 fully saturated rings. The Balaban J connectivity index is 0.000000506. The molecule has 0 aromatic heterocycles. The molecular formula is C18H33NO3Si2. The average Bonchev–Trinajstić information content (AvgIpc) is 2.55. The number of hydrogen-bond donors (Lipinski definition) is 1. The van der Waals surface area contributed by atoms with Gasteiger partial charge >= 0.3 is 0 Å². The normalized spacial score (nSPS) is 11.2. The summed E-state index contributed by atoms with van der Waals surface area (Å²) in [5.41, 5.74) is 6.25. The summed E-state index contributed by atoms with van der Waals surface area (Å²) in [5, 5.41) is 0. The summed E-state index contributed by atoms with van der Waals surface area (Å²) in [6, 6.07) is 6.34. The zero-order chi connectivity index (χ0) is 18.2. The van der Waals surface area contributed by atoms with E-state index >= 15 is 0 Å². The Morgan fingerprint density at radius 1 is 1.12 bits per heavy atom. The van der Waals surface area contributed by atoms with E-state index in [-0.39, 0.29) is 5.91 Å². The number of hydrogen-bond acceptors (Lipinski definition) is 3. The van der Waals surface area contributed by atoms with E-state index in [0.29, 0.717) is 6.42 Å². The van der Waals surface area contributed by atoms with Gasteiger partial charge in [-0.1, -0.05) is 38.5 Å². The van der Waals surface area contributed by atoms with Crippen LogP contribution >= 0.6 is 0 Å². The van der Waals surface area contributed by atoms with E-state index in [1.807, 2.05) is 12.2 Å². The molecule has 0 spiro atoms. The highest BCUT2D eigenvalue weighted by Gasteiger charge is 2.04. The number of carbonyl (C=O) groups is 1. The second-order valence-corrected chi connectivity index (χ2v) is 7.01. The first kappa shape index (κ1) is 22.5. The Kier molecular flexibility index (Phi) is 14.1. The van der Waals surface area contributed by atoms with Crippen LogP contribution < -0.4 is 14.6 Å². The summed E-state index contributed by atoms with van der Waals surface area (Å²) >= 11 is 0. The van der Waals surface area contributed by atoms with Gasteiger partial charge in [0.05, 0.1) is 0 Å². The molecular weight excluding hydrogens is 334 g/mol. The van der Waals surface area contributed by atoms with Crippen LogP contribution in [0.4, 0.5) is 0 Å². The molecule has 1 amide bonds. The molecule has 0 radical (unpaired) electrons. The minimum Gasteiger partial charge on any atom is -0.547 e. The Labute approximate surface area is 151 Å². The lowest BCUT2D eigenvalue weighted by Crippen LogP contribution is -2.08. The molecule has 1 aromatic rings. The minimum atomic E-state index is -0.417. The highest BCUT2D eigenvalue weighted by atomic mass is 28.2. The van der Waals surface area contributed by atoms with Crippen molar-refractivity contribution in [2.75, 3.05) is 0 Å². The molecule has 0 aliphatic carbocycles. The predicted octanol–water partition coefficient (Wildman–Crippen LogP) is 2.88. The van der Waals surface area contributed by atoms with Gasteiger partial charge in [-0.2, -0.15) is 0 Å². The molecule has 0 aliphatic rings. The van der Waals surface area contributed by atoms with Crippen molar-refractivity contribution >= 4 is 25.4 Å². The molecule has 24 heavy (non-hydrogen) atoms. The van der Waals surface area contributed by atoms with E-state index in [9.17, 15) is 4.79 Å². The second kappa shape index (κ2) is 15.0. The molecule has 0 aliphatic heterocycles. The van der Waals surface area contributed by atoms with E-state index < -0.39 is 19.5 Å². The molecule has 0 saturated heterocycles. The van der Waals surface area contributed by atoms with Crippen LogP contribution in [-0.4, -0.2) is 25.4 Å². The third kappa shape index (κ3) is 11.1. The molecule has 4 nitrogen and oxygen atoms in total. The molecule has 2 N–H and O–H groups in total. The summed E-state index contributed by atoms with van der Waals surface area (Å²) in [7, 11) is -0.828. The van der Waals surface area contributed by atoms with Crippen molar-refractivity contribution in [3.8, 4) is 11.5 Å². The zero-order valence-corrected chi connectivity index (χ0v) is 18.5. The lowest BCUT2D eigenvalue weighted by molar-refractivity contribution is -0.117. The Morgan fingerprint density at radius 3 is 2.33 bits per heavy atom. The van der Waals surface area contributed by atoms with Gasteiger partial charge in [-0.3, -0.25) is 4.79 Å². The van der Waals surface area contributed by atoms with Gasteiger partial charge in [0.25, 0.3) is 0 Å². The summed E-state index contributed by atoms with van der Waals surface area (Å²) in [6.07, 6.45) is 8.57. The van der Waals surface area contributed by atoms with E-state index in [2.05, 4.69) is 45.1 Å². The maximum absolute atomic E-state index is 10.2. The van der Waals surface area contributed by atoms with E-state index in [4.69, 9.17) is 14.6 Å². The van der Waals surface area contributed by atoms with Crippen molar-refractivity contribution in [2.45, 2.75) is 59.0 Å². The molecule has 0 unspecified atom stereocenters. The van der Waals surface area contributed by atoms with Crippen molar-refractivity contribution in [3.05, 3.63) is 35.9 Å². The number of carbonyl (C=O) groups excluding carboxylic acids is 1. The van der Waals surface area contributed by atoms with E-state index in [1.54, 1.807) is 0 Å². The third-order valence-electron chi connectivity index (χ3n) is 3.11. The summed E-state index contributed by atoms with van der Waals surface area (Å²) in [4.78, 5) is 10.2. The SMILES string of the molecule is CCC=CCCC(N)=O.CCCc1ccc(O[SiH2]C)c(O[SiH2]C)c1. The summed E-state index contributed by atoms with van der Waals surface area (Å²) in [5.74, 6) is 1.68. The Bertz CT molecular complexity index is 493. The van der Waals surface area contributed by atoms with Crippen LogP contribution in [0.25, 0.3) is 0 Å². The Hall–Kier alpha value is -1.54. The van der Waals surface area contributed by atoms with Crippen molar-refractivity contribution in [1.29, 1.82) is 0 Å². The first-order valence-electron chi connectivity index (χ1n) is 8.90. The maximum atomic E-state index is 10.2. The number of benzene rings is 1. The molecule has 0 bridgehead atoms. The first-order chi connectivity index (χ1) is 11.6. The fourth-order valence-corrected chi connectivity index (χ4v) is 3.14.